The number of ether oxygens (including phenoxy) is 1. The van der Waals surface area contributed by atoms with Gasteiger partial charge in [-0.2, -0.15) is 18.2 Å². The van der Waals surface area contributed by atoms with Crippen LogP contribution >= 0.6 is 0 Å². The SMILES string of the molecule is CCNc1nc(Nc2ccc(C(=O)NC(C)(C)C)cc2OC)ncc1C(F)(F)F. The summed E-state index contributed by atoms with van der Waals surface area (Å²) >= 11 is 0. The second kappa shape index (κ2) is 8.54. The predicted octanol–water partition coefficient (Wildman–Crippen LogP) is 4.21. The van der Waals surface area contributed by atoms with Crippen LogP contribution in [0.15, 0.2) is 24.4 Å². The van der Waals surface area contributed by atoms with Crippen molar-refractivity contribution in [2.45, 2.75) is 39.4 Å². The zero-order valence-corrected chi connectivity index (χ0v) is 16.9. The van der Waals surface area contributed by atoms with Crippen molar-refractivity contribution >= 4 is 23.4 Å². The fraction of sp³-hybridized carbons (Fsp3) is 0.421. The Morgan fingerprint density at radius 1 is 1.21 bits per heavy atom. The molecule has 1 aromatic heterocycles. The second-order valence-corrected chi connectivity index (χ2v) is 7.23. The summed E-state index contributed by atoms with van der Waals surface area (Å²) in [6.45, 7) is 7.52. The van der Waals surface area contributed by atoms with Gasteiger partial charge in [-0.25, -0.2) is 4.98 Å². The highest BCUT2D eigenvalue weighted by Gasteiger charge is 2.35. The molecule has 0 aliphatic rings. The summed E-state index contributed by atoms with van der Waals surface area (Å²) in [4.78, 5) is 20.0. The van der Waals surface area contributed by atoms with Crippen molar-refractivity contribution in [3.05, 3.63) is 35.5 Å². The Balaban J connectivity index is 2.32. The number of carbonyl (C=O) groups excluding carboxylic acids is 1. The number of aromatic nitrogens is 2. The molecule has 0 spiro atoms. The standard InChI is InChI=1S/C19H24F3N5O2/c1-6-23-15-12(19(20,21)22)10-24-17(26-15)25-13-8-7-11(9-14(13)29-5)16(28)27-18(2,3)4/h7-10H,6H2,1-5H3,(H,27,28)(H2,23,24,25,26). The smallest absolute Gasteiger partial charge is 0.421 e. The number of hydrogen-bond donors (Lipinski definition) is 3. The molecule has 2 rings (SSSR count). The number of nitrogens with zero attached hydrogens (tertiary/aromatic N) is 2. The topological polar surface area (TPSA) is 88.2 Å². The molecule has 1 aromatic carbocycles. The zero-order valence-electron chi connectivity index (χ0n) is 16.9. The maximum absolute atomic E-state index is 13.1. The summed E-state index contributed by atoms with van der Waals surface area (Å²) in [7, 11) is 1.42. The van der Waals surface area contributed by atoms with Crippen molar-refractivity contribution in [2.24, 2.45) is 0 Å². The number of alkyl halides is 3. The van der Waals surface area contributed by atoms with Crippen molar-refractivity contribution in [3.8, 4) is 5.75 Å². The molecule has 7 nitrogen and oxygen atoms in total. The molecule has 10 heteroatoms. The molecule has 0 aliphatic carbocycles. The lowest BCUT2D eigenvalue weighted by molar-refractivity contribution is -0.137. The molecule has 1 heterocycles. The minimum absolute atomic E-state index is 0.0425. The van der Waals surface area contributed by atoms with Gasteiger partial charge in [-0.1, -0.05) is 0 Å². The Bertz CT molecular complexity index is 879. The molecule has 0 unspecified atom stereocenters. The summed E-state index contributed by atoms with van der Waals surface area (Å²) < 4.78 is 44.6. The molecule has 2 aromatic rings. The van der Waals surface area contributed by atoms with Crippen LogP contribution in [-0.4, -0.2) is 35.1 Å². The maximum Gasteiger partial charge on any atom is 0.421 e. The molecule has 1 amide bonds. The maximum atomic E-state index is 13.1. The van der Waals surface area contributed by atoms with E-state index in [2.05, 4.69) is 25.9 Å². The summed E-state index contributed by atoms with van der Waals surface area (Å²) in [6, 6.07) is 4.67. The first kappa shape index (κ1) is 22.3. The van der Waals surface area contributed by atoms with Gasteiger partial charge in [-0.3, -0.25) is 4.79 Å². The molecule has 0 bridgehead atoms. The van der Waals surface area contributed by atoms with Gasteiger partial charge in [0.1, 0.15) is 17.1 Å². The number of rotatable bonds is 6. The van der Waals surface area contributed by atoms with Crippen LogP contribution in [0, 0.1) is 0 Å². The van der Waals surface area contributed by atoms with E-state index in [1.807, 2.05) is 20.8 Å². The molecular formula is C19H24F3N5O2. The van der Waals surface area contributed by atoms with Gasteiger partial charge >= 0.3 is 6.18 Å². The number of amides is 1. The van der Waals surface area contributed by atoms with Crippen LogP contribution in [0.1, 0.15) is 43.6 Å². The van der Waals surface area contributed by atoms with Gasteiger partial charge in [0.25, 0.3) is 5.91 Å². The first-order valence-electron chi connectivity index (χ1n) is 8.90. The van der Waals surface area contributed by atoms with Crippen LogP contribution in [0.3, 0.4) is 0 Å². The van der Waals surface area contributed by atoms with Crippen molar-refractivity contribution in [3.63, 3.8) is 0 Å². The van der Waals surface area contributed by atoms with Crippen LogP contribution in [0.4, 0.5) is 30.6 Å². The Hall–Kier alpha value is -3.04. The van der Waals surface area contributed by atoms with Crippen LogP contribution in [0.5, 0.6) is 5.75 Å². The Morgan fingerprint density at radius 3 is 2.45 bits per heavy atom. The van der Waals surface area contributed by atoms with Gasteiger partial charge in [0, 0.05) is 23.8 Å². The van der Waals surface area contributed by atoms with Crippen LogP contribution in [0.2, 0.25) is 0 Å². The van der Waals surface area contributed by atoms with E-state index in [0.717, 1.165) is 0 Å². The van der Waals surface area contributed by atoms with Gasteiger partial charge in [0.2, 0.25) is 5.95 Å². The lowest BCUT2D eigenvalue weighted by Crippen LogP contribution is -2.40. The highest BCUT2D eigenvalue weighted by Crippen LogP contribution is 2.34. The molecule has 0 radical (unpaired) electrons. The number of methoxy groups -OCH3 is 1. The van der Waals surface area contributed by atoms with Crippen molar-refractivity contribution in [1.82, 2.24) is 15.3 Å². The van der Waals surface area contributed by atoms with Gasteiger partial charge in [-0.15, -0.1) is 0 Å². The number of nitrogens with one attached hydrogen (secondary N) is 3. The molecule has 158 valence electrons. The largest absolute Gasteiger partial charge is 0.495 e. The third-order valence-electron chi connectivity index (χ3n) is 3.64. The molecule has 0 saturated heterocycles. The number of anilines is 3. The summed E-state index contributed by atoms with van der Waals surface area (Å²) in [5, 5.41) is 8.26. The van der Waals surface area contributed by atoms with Gasteiger partial charge in [0.05, 0.1) is 12.8 Å². The lowest BCUT2D eigenvalue weighted by Gasteiger charge is -2.21. The van der Waals surface area contributed by atoms with E-state index in [4.69, 9.17) is 4.74 Å². The lowest BCUT2D eigenvalue weighted by atomic mass is 10.1. The number of carbonyl (C=O) groups is 1. The quantitative estimate of drug-likeness (QED) is 0.660. The Morgan fingerprint density at radius 2 is 1.90 bits per heavy atom. The number of benzene rings is 1. The highest BCUT2D eigenvalue weighted by atomic mass is 19.4. The minimum Gasteiger partial charge on any atom is -0.495 e. The van der Waals surface area contributed by atoms with Crippen molar-refractivity contribution < 1.29 is 22.7 Å². The van der Waals surface area contributed by atoms with Crippen molar-refractivity contribution in [1.29, 1.82) is 0 Å². The van der Waals surface area contributed by atoms with Gasteiger partial charge < -0.3 is 20.7 Å². The zero-order chi connectivity index (χ0) is 21.8. The molecule has 0 fully saturated rings. The molecular weight excluding hydrogens is 387 g/mol. The third-order valence-corrected chi connectivity index (χ3v) is 3.64. The van der Waals surface area contributed by atoms with E-state index in [0.29, 0.717) is 23.2 Å². The third kappa shape index (κ3) is 5.97. The molecule has 3 N–H and O–H groups in total. The first-order valence-corrected chi connectivity index (χ1v) is 8.90. The van der Waals surface area contributed by atoms with Crippen LogP contribution < -0.4 is 20.7 Å². The Labute approximate surface area is 167 Å². The van der Waals surface area contributed by atoms with E-state index in [1.54, 1.807) is 19.1 Å². The average Bonchev–Trinajstić information content (AvgIpc) is 2.60. The van der Waals surface area contributed by atoms with E-state index in [9.17, 15) is 18.0 Å². The first-order chi connectivity index (χ1) is 13.4. The average molecular weight is 411 g/mol. The van der Waals surface area contributed by atoms with E-state index in [1.165, 1.54) is 13.2 Å². The second-order valence-electron chi connectivity index (χ2n) is 7.23. The number of halogens is 3. The summed E-state index contributed by atoms with van der Waals surface area (Å²) in [5.41, 5.74) is -0.574. The highest BCUT2D eigenvalue weighted by molar-refractivity contribution is 5.95. The normalized spacial score (nSPS) is 11.7. The summed E-state index contributed by atoms with van der Waals surface area (Å²) in [5.74, 6) is -0.320. The predicted molar refractivity (Wildman–Crippen MR) is 105 cm³/mol. The molecule has 0 atom stereocenters. The van der Waals surface area contributed by atoms with Gasteiger partial charge in [-0.05, 0) is 45.9 Å². The molecule has 29 heavy (non-hydrogen) atoms. The van der Waals surface area contributed by atoms with Gasteiger partial charge in [0.15, 0.2) is 0 Å². The van der Waals surface area contributed by atoms with E-state index < -0.39 is 17.3 Å². The minimum atomic E-state index is -4.57. The van der Waals surface area contributed by atoms with E-state index >= 15 is 0 Å². The van der Waals surface area contributed by atoms with Crippen LogP contribution in [0.25, 0.3) is 0 Å². The number of hydrogen-bond acceptors (Lipinski definition) is 6. The molecule has 0 saturated carbocycles. The summed E-state index contributed by atoms with van der Waals surface area (Å²) in [6.07, 6.45) is -3.86. The van der Waals surface area contributed by atoms with Crippen LogP contribution in [-0.2, 0) is 6.18 Å². The Kier molecular flexibility index (Phi) is 6.55. The molecule has 0 aliphatic heterocycles. The van der Waals surface area contributed by atoms with Crippen molar-refractivity contribution in [2.75, 3.05) is 24.3 Å². The monoisotopic (exact) mass is 411 g/mol. The fourth-order valence-electron chi connectivity index (χ4n) is 2.42. The fourth-order valence-corrected chi connectivity index (χ4v) is 2.42. The van der Waals surface area contributed by atoms with E-state index in [-0.39, 0.29) is 24.2 Å².